The monoisotopic (exact) mass is 319 g/mol. The average Bonchev–Trinajstić information content (AvgIpc) is 2.39. The Labute approximate surface area is 120 Å². The van der Waals surface area contributed by atoms with Gasteiger partial charge in [-0.1, -0.05) is 28.1 Å². The molecular weight excluding hydrogens is 306 g/mol. The molecule has 4 nitrogen and oxygen atoms in total. The Morgan fingerprint density at radius 2 is 2.26 bits per heavy atom. The highest BCUT2D eigenvalue weighted by Crippen LogP contribution is 2.13. The van der Waals surface area contributed by atoms with Gasteiger partial charge in [0.25, 0.3) is 5.91 Å². The number of hydrogen-bond acceptors (Lipinski definition) is 3. The number of amides is 1. The van der Waals surface area contributed by atoms with E-state index < -0.39 is 0 Å². The fraction of sp³-hybridized carbons (Fsp3) is 0.214. The zero-order valence-corrected chi connectivity index (χ0v) is 12.1. The summed E-state index contributed by atoms with van der Waals surface area (Å²) in [7, 11) is 0. The SMILES string of the molecule is C[C@H](Cc1cccc(Br)c1)NC(=O)c1cnccn1. The molecule has 0 aliphatic rings. The van der Waals surface area contributed by atoms with Crippen molar-refractivity contribution in [1.82, 2.24) is 15.3 Å². The molecule has 98 valence electrons. The summed E-state index contributed by atoms with van der Waals surface area (Å²) in [5.41, 5.74) is 1.50. The van der Waals surface area contributed by atoms with Crippen molar-refractivity contribution in [3.8, 4) is 0 Å². The highest BCUT2D eigenvalue weighted by atomic mass is 79.9. The Balaban J connectivity index is 1.95. The molecule has 1 atom stereocenters. The molecule has 2 rings (SSSR count). The van der Waals surface area contributed by atoms with E-state index in [1.54, 1.807) is 6.20 Å². The van der Waals surface area contributed by atoms with E-state index in [4.69, 9.17) is 0 Å². The first-order valence-electron chi connectivity index (χ1n) is 5.96. The Morgan fingerprint density at radius 3 is 2.95 bits per heavy atom. The van der Waals surface area contributed by atoms with Crippen molar-refractivity contribution in [2.45, 2.75) is 19.4 Å². The van der Waals surface area contributed by atoms with Crippen LogP contribution in [0.3, 0.4) is 0 Å². The lowest BCUT2D eigenvalue weighted by atomic mass is 10.1. The number of aromatic nitrogens is 2. The van der Waals surface area contributed by atoms with E-state index in [0.29, 0.717) is 5.69 Å². The second-order valence-corrected chi connectivity index (χ2v) is 5.21. The molecule has 0 spiro atoms. The van der Waals surface area contributed by atoms with E-state index in [1.807, 2.05) is 31.2 Å². The topological polar surface area (TPSA) is 54.9 Å². The quantitative estimate of drug-likeness (QED) is 0.942. The minimum atomic E-state index is -0.199. The lowest BCUT2D eigenvalue weighted by molar-refractivity contribution is 0.0934. The number of rotatable bonds is 4. The van der Waals surface area contributed by atoms with Crippen molar-refractivity contribution in [3.63, 3.8) is 0 Å². The first-order chi connectivity index (χ1) is 9.15. The molecule has 5 heteroatoms. The average molecular weight is 320 g/mol. The van der Waals surface area contributed by atoms with Crippen molar-refractivity contribution in [2.75, 3.05) is 0 Å². The van der Waals surface area contributed by atoms with Gasteiger partial charge in [-0.05, 0) is 31.0 Å². The minimum absolute atomic E-state index is 0.0313. The van der Waals surface area contributed by atoms with E-state index in [1.165, 1.54) is 18.0 Å². The van der Waals surface area contributed by atoms with Gasteiger partial charge in [0.1, 0.15) is 5.69 Å². The molecule has 0 bridgehead atoms. The summed E-state index contributed by atoms with van der Waals surface area (Å²) in [6.45, 7) is 1.97. The molecule has 1 aromatic heterocycles. The normalized spacial score (nSPS) is 11.9. The zero-order valence-electron chi connectivity index (χ0n) is 10.5. The van der Waals surface area contributed by atoms with Gasteiger partial charge in [0.15, 0.2) is 0 Å². The Kier molecular flexibility index (Phi) is 4.63. The Morgan fingerprint density at radius 1 is 1.42 bits per heavy atom. The van der Waals surface area contributed by atoms with Crippen LogP contribution in [0.4, 0.5) is 0 Å². The number of halogens is 1. The van der Waals surface area contributed by atoms with E-state index >= 15 is 0 Å². The molecule has 1 amide bonds. The minimum Gasteiger partial charge on any atom is -0.348 e. The summed E-state index contributed by atoms with van der Waals surface area (Å²) >= 11 is 3.43. The lowest BCUT2D eigenvalue weighted by Crippen LogP contribution is -2.34. The van der Waals surface area contributed by atoms with Crippen molar-refractivity contribution < 1.29 is 4.79 Å². The lowest BCUT2D eigenvalue weighted by Gasteiger charge is -2.13. The van der Waals surface area contributed by atoms with Gasteiger partial charge >= 0.3 is 0 Å². The molecular formula is C14H14BrN3O. The number of nitrogens with zero attached hydrogens (tertiary/aromatic N) is 2. The molecule has 0 saturated carbocycles. The molecule has 0 aliphatic heterocycles. The molecule has 1 N–H and O–H groups in total. The van der Waals surface area contributed by atoms with Crippen LogP contribution in [0.15, 0.2) is 47.3 Å². The standard InChI is InChI=1S/C14H14BrN3O/c1-10(7-11-3-2-4-12(15)8-11)18-14(19)13-9-16-5-6-17-13/h2-6,8-10H,7H2,1H3,(H,18,19)/t10-/m1/s1. The number of carbonyl (C=O) groups excluding carboxylic acids is 1. The van der Waals surface area contributed by atoms with Crippen molar-refractivity contribution in [1.29, 1.82) is 0 Å². The maximum absolute atomic E-state index is 11.9. The second-order valence-electron chi connectivity index (χ2n) is 4.30. The number of benzene rings is 1. The Bertz CT molecular complexity index is 560. The fourth-order valence-electron chi connectivity index (χ4n) is 1.78. The predicted molar refractivity (Wildman–Crippen MR) is 76.8 cm³/mol. The summed E-state index contributed by atoms with van der Waals surface area (Å²) in [4.78, 5) is 19.7. The molecule has 0 fully saturated rings. The first kappa shape index (κ1) is 13.7. The molecule has 1 aromatic carbocycles. The van der Waals surface area contributed by atoms with E-state index in [9.17, 15) is 4.79 Å². The van der Waals surface area contributed by atoms with Crippen LogP contribution in [0.2, 0.25) is 0 Å². The van der Waals surface area contributed by atoms with Gasteiger partial charge in [-0.2, -0.15) is 0 Å². The van der Waals surface area contributed by atoms with Crippen LogP contribution in [0, 0.1) is 0 Å². The smallest absolute Gasteiger partial charge is 0.271 e. The predicted octanol–water partition coefficient (Wildman–Crippen LogP) is 2.60. The molecule has 0 radical (unpaired) electrons. The van der Waals surface area contributed by atoms with Gasteiger partial charge in [-0.15, -0.1) is 0 Å². The van der Waals surface area contributed by atoms with Crippen molar-refractivity contribution >= 4 is 21.8 Å². The summed E-state index contributed by atoms with van der Waals surface area (Å²) < 4.78 is 1.04. The van der Waals surface area contributed by atoms with Gasteiger partial charge in [-0.3, -0.25) is 9.78 Å². The first-order valence-corrected chi connectivity index (χ1v) is 6.76. The number of carbonyl (C=O) groups is 1. The van der Waals surface area contributed by atoms with E-state index in [2.05, 4.69) is 31.2 Å². The van der Waals surface area contributed by atoms with E-state index in [0.717, 1.165) is 10.9 Å². The van der Waals surface area contributed by atoms with E-state index in [-0.39, 0.29) is 11.9 Å². The molecule has 0 unspecified atom stereocenters. The van der Waals surface area contributed by atoms with Crippen molar-refractivity contribution in [2.24, 2.45) is 0 Å². The maximum Gasteiger partial charge on any atom is 0.271 e. The van der Waals surface area contributed by atoms with Crippen LogP contribution in [0.1, 0.15) is 23.0 Å². The van der Waals surface area contributed by atoms with Crippen LogP contribution in [-0.2, 0) is 6.42 Å². The van der Waals surface area contributed by atoms with Crippen LogP contribution in [0.5, 0.6) is 0 Å². The van der Waals surface area contributed by atoms with Crippen LogP contribution in [0.25, 0.3) is 0 Å². The summed E-state index contributed by atoms with van der Waals surface area (Å²) in [5, 5.41) is 2.91. The molecule has 19 heavy (non-hydrogen) atoms. The fourth-order valence-corrected chi connectivity index (χ4v) is 2.23. The third-order valence-electron chi connectivity index (χ3n) is 2.60. The van der Waals surface area contributed by atoms with Crippen LogP contribution >= 0.6 is 15.9 Å². The third-order valence-corrected chi connectivity index (χ3v) is 3.10. The van der Waals surface area contributed by atoms with Gasteiger partial charge in [0, 0.05) is 22.9 Å². The van der Waals surface area contributed by atoms with Crippen LogP contribution in [-0.4, -0.2) is 21.9 Å². The van der Waals surface area contributed by atoms with Gasteiger partial charge < -0.3 is 5.32 Å². The third kappa shape index (κ3) is 4.13. The van der Waals surface area contributed by atoms with Gasteiger partial charge in [-0.25, -0.2) is 4.98 Å². The summed E-state index contributed by atoms with van der Waals surface area (Å²) in [6.07, 6.45) is 5.28. The molecule has 1 heterocycles. The second kappa shape index (κ2) is 6.43. The molecule has 0 saturated heterocycles. The molecule has 0 aliphatic carbocycles. The largest absolute Gasteiger partial charge is 0.348 e. The van der Waals surface area contributed by atoms with Gasteiger partial charge in [0.2, 0.25) is 0 Å². The highest BCUT2D eigenvalue weighted by Gasteiger charge is 2.11. The highest BCUT2D eigenvalue weighted by molar-refractivity contribution is 9.10. The number of hydrogen-bond donors (Lipinski definition) is 1. The summed E-state index contributed by atoms with van der Waals surface area (Å²) in [6, 6.07) is 8.08. The Hall–Kier alpha value is -1.75. The van der Waals surface area contributed by atoms with Gasteiger partial charge in [0.05, 0.1) is 6.20 Å². The maximum atomic E-state index is 11.9. The molecule has 2 aromatic rings. The van der Waals surface area contributed by atoms with Crippen molar-refractivity contribution in [3.05, 3.63) is 58.6 Å². The number of nitrogens with one attached hydrogen (secondary N) is 1. The summed E-state index contributed by atoms with van der Waals surface area (Å²) in [5.74, 6) is -0.199. The zero-order chi connectivity index (χ0) is 13.7. The van der Waals surface area contributed by atoms with Crippen LogP contribution < -0.4 is 5.32 Å².